The van der Waals surface area contributed by atoms with Crippen LogP contribution in [0.3, 0.4) is 0 Å². The van der Waals surface area contributed by atoms with E-state index in [0.717, 1.165) is 42.8 Å². The van der Waals surface area contributed by atoms with E-state index in [-0.39, 0.29) is 11.8 Å². The van der Waals surface area contributed by atoms with Crippen molar-refractivity contribution in [1.82, 2.24) is 20.0 Å². The number of hydrogen-bond donors (Lipinski definition) is 1. The van der Waals surface area contributed by atoms with Crippen molar-refractivity contribution in [1.29, 1.82) is 5.26 Å². The maximum atomic E-state index is 12.9. The first-order valence-corrected chi connectivity index (χ1v) is 10.0. The number of hydrogen-bond acceptors (Lipinski definition) is 4. The van der Waals surface area contributed by atoms with Crippen LogP contribution in [-0.2, 0) is 6.54 Å². The van der Waals surface area contributed by atoms with Gasteiger partial charge >= 0.3 is 0 Å². The molecule has 0 aliphatic carbocycles. The molecule has 6 nitrogen and oxygen atoms in total. The summed E-state index contributed by atoms with van der Waals surface area (Å²) >= 11 is 3.53. The fourth-order valence-corrected chi connectivity index (χ4v) is 4.10. The van der Waals surface area contributed by atoms with Gasteiger partial charge in [0.1, 0.15) is 0 Å². The standard InChI is InChI=1S/C20H24BrN5O/c1-14(2)18-17(21)19(24-23-18)20(27)26-9-3-8-25(10-11-26)13-16-6-4-15(12-22)5-7-16/h4-7,14H,3,8-11,13H2,1-2H3,(H,23,24). The Morgan fingerprint density at radius 2 is 2.00 bits per heavy atom. The number of amides is 1. The summed E-state index contributed by atoms with van der Waals surface area (Å²) in [7, 11) is 0. The van der Waals surface area contributed by atoms with E-state index in [4.69, 9.17) is 5.26 Å². The molecule has 7 heteroatoms. The molecule has 1 saturated heterocycles. The van der Waals surface area contributed by atoms with Gasteiger partial charge in [0.25, 0.3) is 5.91 Å². The van der Waals surface area contributed by atoms with Crippen molar-refractivity contribution >= 4 is 21.8 Å². The van der Waals surface area contributed by atoms with Gasteiger partial charge in [-0.2, -0.15) is 10.4 Å². The number of aromatic amines is 1. The number of H-pyrrole nitrogens is 1. The minimum absolute atomic E-state index is 0.0229. The summed E-state index contributed by atoms with van der Waals surface area (Å²) in [5.74, 6) is 0.255. The summed E-state index contributed by atoms with van der Waals surface area (Å²) in [5, 5.41) is 16.1. The van der Waals surface area contributed by atoms with Crippen molar-refractivity contribution in [3.63, 3.8) is 0 Å². The number of aromatic nitrogens is 2. The highest BCUT2D eigenvalue weighted by Crippen LogP contribution is 2.26. The van der Waals surface area contributed by atoms with E-state index in [1.165, 1.54) is 5.56 Å². The zero-order chi connectivity index (χ0) is 19.4. The Balaban J connectivity index is 1.62. The molecular formula is C20H24BrN5O. The number of rotatable bonds is 4. The first kappa shape index (κ1) is 19.6. The molecule has 1 aliphatic heterocycles. The summed E-state index contributed by atoms with van der Waals surface area (Å²) in [6.45, 7) is 8.16. The Hall–Kier alpha value is -2.17. The minimum Gasteiger partial charge on any atom is -0.336 e. The lowest BCUT2D eigenvalue weighted by molar-refractivity contribution is 0.0754. The van der Waals surface area contributed by atoms with Crippen LogP contribution in [0.4, 0.5) is 0 Å². The third-order valence-electron chi connectivity index (χ3n) is 4.88. The number of nitrogens with zero attached hydrogens (tertiary/aromatic N) is 4. The lowest BCUT2D eigenvalue weighted by Gasteiger charge is -2.21. The summed E-state index contributed by atoms with van der Waals surface area (Å²) in [5.41, 5.74) is 3.29. The molecule has 0 spiro atoms. The van der Waals surface area contributed by atoms with E-state index >= 15 is 0 Å². The fraction of sp³-hybridized carbons (Fsp3) is 0.450. The molecule has 1 amide bonds. The van der Waals surface area contributed by atoms with Crippen molar-refractivity contribution in [3.8, 4) is 6.07 Å². The molecule has 1 N–H and O–H groups in total. The number of nitrogens with one attached hydrogen (secondary N) is 1. The summed E-state index contributed by atoms with van der Waals surface area (Å²) in [6.07, 6.45) is 0.932. The van der Waals surface area contributed by atoms with Gasteiger partial charge in [-0.1, -0.05) is 26.0 Å². The van der Waals surface area contributed by atoms with Crippen LogP contribution in [-0.4, -0.2) is 52.1 Å². The molecule has 1 fully saturated rings. The maximum absolute atomic E-state index is 12.9. The van der Waals surface area contributed by atoms with Crippen LogP contribution in [0.5, 0.6) is 0 Å². The Labute approximate surface area is 168 Å². The molecule has 0 saturated carbocycles. The highest BCUT2D eigenvalue weighted by Gasteiger charge is 2.26. The normalized spacial score (nSPS) is 15.6. The molecule has 2 aromatic rings. The molecule has 0 atom stereocenters. The zero-order valence-corrected chi connectivity index (χ0v) is 17.3. The second-order valence-electron chi connectivity index (χ2n) is 7.19. The fourth-order valence-electron chi connectivity index (χ4n) is 3.29. The van der Waals surface area contributed by atoms with Crippen molar-refractivity contribution in [2.75, 3.05) is 26.2 Å². The molecule has 1 aromatic carbocycles. The maximum Gasteiger partial charge on any atom is 0.275 e. The Morgan fingerprint density at radius 1 is 1.26 bits per heavy atom. The number of halogens is 1. The monoisotopic (exact) mass is 429 g/mol. The number of carbonyl (C=O) groups is 1. The predicted molar refractivity (Wildman–Crippen MR) is 107 cm³/mol. The van der Waals surface area contributed by atoms with E-state index in [2.05, 4.69) is 50.9 Å². The lowest BCUT2D eigenvalue weighted by atomic mass is 10.1. The second kappa shape index (κ2) is 8.68. The minimum atomic E-state index is -0.0229. The largest absolute Gasteiger partial charge is 0.336 e. The van der Waals surface area contributed by atoms with Gasteiger partial charge in [0.15, 0.2) is 5.69 Å². The third-order valence-corrected chi connectivity index (χ3v) is 5.68. The predicted octanol–water partition coefficient (Wildman–Crippen LogP) is 3.52. The van der Waals surface area contributed by atoms with Gasteiger partial charge in [-0.25, -0.2) is 0 Å². The SMILES string of the molecule is CC(C)c1[nH]nc(C(=O)N2CCCN(Cc3ccc(C#N)cc3)CC2)c1Br. The molecule has 0 bridgehead atoms. The van der Waals surface area contributed by atoms with Gasteiger partial charge in [-0.15, -0.1) is 0 Å². The van der Waals surface area contributed by atoms with E-state index in [9.17, 15) is 4.79 Å². The summed E-state index contributed by atoms with van der Waals surface area (Å²) in [6, 6.07) is 9.85. The molecule has 0 radical (unpaired) electrons. The number of carbonyl (C=O) groups excluding carboxylic acids is 1. The Kier molecular flexibility index (Phi) is 6.30. The van der Waals surface area contributed by atoms with Crippen molar-refractivity contribution < 1.29 is 4.79 Å². The molecule has 0 unspecified atom stereocenters. The van der Waals surface area contributed by atoms with E-state index in [1.54, 1.807) is 0 Å². The Bertz CT molecular complexity index is 837. The topological polar surface area (TPSA) is 76.0 Å². The second-order valence-corrected chi connectivity index (χ2v) is 7.98. The molecule has 27 heavy (non-hydrogen) atoms. The smallest absolute Gasteiger partial charge is 0.275 e. The van der Waals surface area contributed by atoms with Crippen LogP contribution in [0.2, 0.25) is 0 Å². The number of benzene rings is 1. The van der Waals surface area contributed by atoms with Crippen molar-refractivity contribution in [3.05, 3.63) is 51.3 Å². The van der Waals surface area contributed by atoms with Gasteiger partial charge in [-0.05, 0) is 46.0 Å². The average Bonchev–Trinajstić information content (AvgIpc) is 2.90. The molecule has 2 heterocycles. The first-order chi connectivity index (χ1) is 13.0. The van der Waals surface area contributed by atoms with Gasteiger partial charge in [-0.3, -0.25) is 14.8 Å². The molecular weight excluding hydrogens is 406 g/mol. The van der Waals surface area contributed by atoms with Gasteiger partial charge < -0.3 is 4.90 Å². The van der Waals surface area contributed by atoms with Gasteiger partial charge in [0.05, 0.1) is 21.8 Å². The van der Waals surface area contributed by atoms with Gasteiger partial charge in [0, 0.05) is 32.7 Å². The molecule has 1 aromatic heterocycles. The summed E-state index contributed by atoms with van der Waals surface area (Å²) in [4.78, 5) is 17.2. The highest BCUT2D eigenvalue weighted by atomic mass is 79.9. The van der Waals surface area contributed by atoms with Crippen LogP contribution >= 0.6 is 15.9 Å². The van der Waals surface area contributed by atoms with Crippen LogP contribution < -0.4 is 0 Å². The van der Waals surface area contributed by atoms with Crippen LogP contribution in [0.15, 0.2) is 28.7 Å². The Morgan fingerprint density at radius 3 is 2.63 bits per heavy atom. The van der Waals surface area contributed by atoms with Gasteiger partial charge in [0.2, 0.25) is 0 Å². The number of nitriles is 1. The van der Waals surface area contributed by atoms with Crippen LogP contribution in [0.1, 0.15) is 53.5 Å². The third kappa shape index (κ3) is 4.57. The van der Waals surface area contributed by atoms with E-state index in [0.29, 0.717) is 17.8 Å². The lowest BCUT2D eigenvalue weighted by Crippen LogP contribution is -2.35. The van der Waals surface area contributed by atoms with Crippen LogP contribution in [0.25, 0.3) is 0 Å². The molecule has 1 aliphatic rings. The first-order valence-electron chi connectivity index (χ1n) is 9.24. The zero-order valence-electron chi connectivity index (χ0n) is 15.7. The molecule has 3 rings (SSSR count). The van der Waals surface area contributed by atoms with E-state index < -0.39 is 0 Å². The average molecular weight is 430 g/mol. The van der Waals surface area contributed by atoms with Crippen molar-refractivity contribution in [2.45, 2.75) is 32.7 Å². The van der Waals surface area contributed by atoms with Crippen molar-refractivity contribution in [2.24, 2.45) is 0 Å². The highest BCUT2D eigenvalue weighted by molar-refractivity contribution is 9.10. The molecule has 142 valence electrons. The van der Waals surface area contributed by atoms with Crippen LogP contribution in [0, 0.1) is 11.3 Å². The summed E-state index contributed by atoms with van der Waals surface area (Å²) < 4.78 is 0.779. The van der Waals surface area contributed by atoms with E-state index in [1.807, 2.05) is 29.2 Å². The quantitative estimate of drug-likeness (QED) is 0.806.